The number of piperidine rings is 1. The van der Waals surface area contributed by atoms with E-state index in [4.69, 9.17) is 5.11 Å². The molecule has 0 bridgehead atoms. The average molecular weight is 313 g/mol. The van der Waals surface area contributed by atoms with Crippen molar-refractivity contribution in [1.29, 1.82) is 0 Å². The minimum atomic E-state index is -3.68. The van der Waals surface area contributed by atoms with Crippen molar-refractivity contribution in [3.8, 4) is 0 Å². The molecule has 2 N–H and O–H groups in total. The summed E-state index contributed by atoms with van der Waals surface area (Å²) in [6.45, 7) is 2.30. The zero-order valence-electron chi connectivity index (χ0n) is 11.8. The van der Waals surface area contributed by atoms with Crippen LogP contribution in [0.5, 0.6) is 0 Å². The van der Waals surface area contributed by atoms with Crippen molar-refractivity contribution in [1.82, 2.24) is 14.0 Å². The largest absolute Gasteiger partial charge is 0.481 e. The Bertz CT molecular complexity index is 618. The van der Waals surface area contributed by atoms with Gasteiger partial charge in [-0.15, -0.1) is 0 Å². The van der Waals surface area contributed by atoms with Crippen molar-refractivity contribution in [2.75, 3.05) is 13.1 Å². The third-order valence-electron chi connectivity index (χ3n) is 3.45. The molecule has 1 fully saturated rings. The number of rotatable bonds is 5. The van der Waals surface area contributed by atoms with Crippen molar-refractivity contribution < 1.29 is 18.3 Å². The summed E-state index contributed by atoms with van der Waals surface area (Å²) in [7, 11) is -3.68. The highest BCUT2D eigenvalue weighted by atomic mass is 32.2. The molecular weight excluding hydrogens is 294 g/mol. The van der Waals surface area contributed by atoms with Crippen LogP contribution in [0.3, 0.4) is 0 Å². The maximum absolute atomic E-state index is 12.2. The van der Waals surface area contributed by atoms with Gasteiger partial charge in [-0.1, -0.05) is 6.07 Å². The molecule has 1 unspecified atom stereocenters. The standard InChI is InChI=1S/C13H19N3O4S/c1-10-4-2-6-12(15-10)8-14-21(19,20)16-7-3-5-11(9-16)13(17)18/h2,4,6,11,14H,3,5,7-9H2,1H3,(H,17,18). The molecule has 116 valence electrons. The molecule has 2 heterocycles. The number of carbonyl (C=O) groups is 1. The molecule has 2 rings (SSSR count). The number of aryl methyl sites for hydroxylation is 1. The van der Waals surface area contributed by atoms with Gasteiger partial charge < -0.3 is 5.11 Å². The summed E-state index contributed by atoms with van der Waals surface area (Å²) in [6.07, 6.45) is 1.07. The quantitative estimate of drug-likeness (QED) is 0.825. The summed E-state index contributed by atoms with van der Waals surface area (Å²) in [5.74, 6) is -1.58. The van der Waals surface area contributed by atoms with Crippen molar-refractivity contribution in [3.05, 3.63) is 29.6 Å². The van der Waals surface area contributed by atoms with Crippen molar-refractivity contribution in [2.24, 2.45) is 5.92 Å². The summed E-state index contributed by atoms with van der Waals surface area (Å²) in [5.41, 5.74) is 1.45. The Balaban J connectivity index is 1.99. The lowest BCUT2D eigenvalue weighted by Gasteiger charge is -2.29. The van der Waals surface area contributed by atoms with Crippen molar-refractivity contribution in [3.63, 3.8) is 0 Å². The molecule has 0 aliphatic carbocycles. The van der Waals surface area contributed by atoms with Gasteiger partial charge in [0.25, 0.3) is 10.2 Å². The van der Waals surface area contributed by atoms with Gasteiger partial charge in [0.05, 0.1) is 18.2 Å². The molecule has 0 amide bonds. The molecule has 1 aromatic heterocycles. The minimum Gasteiger partial charge on any atom is -0.481 e. The lowest BCUT2D eigenvalue weighted by molar-refractivity contribution is -0.142. The monoisotopic (exact) mass is 313 g/mol. The first-order chi connectivity index (χ1) is 9.88. The van der Waals surface area contributed by atoms with Gasteiger partial charge in [-0.05, 0) is 31.9 Å². The van der Waals surface area contributed by atoms with E-state index in [-0.39, 0.29) is 13.1 Å². The van der Waals surface area contributed by atoms with Crippen LogP contribution < -0.4 is 4.72 Å². The number of hydrogen-bond donors (Lipinski definition) is 2. The molecule has 0 saturated carbocycles. The smallest absolute Gasteiger partial charge is 0.307 e. The highest BCUT2D eigenvalue weighted by molar-refractivity contribution is 7.87. The van der Waals surface area contributed by atoms with Crippen LogP contribution in [0, 0.1) is 12.8 Å². The Morgan fingerprint density at radius 2 is 2.29 bits per heavy atom. The Morgan fingerprint density at radius 3 is 2.95 bits per heavy atom. The van der Waals surface area contributed by atoms with E-state index >= 15 is 0 Å². The molecule has 8 heteroatoms. The van der Waals surface area contributed by atoms with Gasteiger partial charge in [0, 0.05) is 18.8 Å². The van der Waals surface area contributed by atoms with Gasteiger partial charge in [-0.3, -0.25) is 9.78 Å². The van der Waals surface area contributed by atoms with Gasteiger partial charge in [0.1, 0.15) is 0 Å². The first-order valence-corrected chi connectivity index (χ1v) is 8.22. The third kappa shape index (κ3) is 4.23. The topological polar surface area (TPSA) is 99.6 Å². The molecule has 0 radical (unpaired) electrons. The van der Waals surface area contributed by atoms with Crippen LogP contribution in [0.15, 0.2) is 18.2 Å². The number of nitrogens with zero attached hydrogens (tertiary/aromatic N) is 2. The van der Waals surface area contributed by atoms with Gasteiger partial charge in [0.15, 0.2) is 0 Å². The van der Waals surface area contributed by atoms with E-state index in [0.717, 1.165) is 5.69 Å². The number of nitrogens with one attached hydrogen (secondary N) is 1. The van der Waals surface area contributed by atoms with E-state index in [1.165, 1.54) is 4.31 Å². The summed E-state index contributed by atoms with van der Waals surface area (Å²) in [6, 6.07) is 5.39. The first kappa shape index (κ1) is 15.9. The Kier molecular flexibility index (Phi) is 4.92. The Morgan fingerprint density at radius 1 is 1.52 bits per heavy atom. The van der Waals surface area contributed by atoms with Gasteiger partial charge >= 0.3 is 5.97 Å². The second-order valence-electron chi connectivity index (χ2n) is 5.13. The van der Waals surface area contributed by atoms with Crippen LogP contribution in [0.4, 0.5) is 0 Å². The lowest BCUT2D eigenvalue weighted by Crippen LogP contribution is -2.47. The number of hydrogen-bond acceptors (Lipinski definition) is 4. The lowest BCUT2D eigenvalue weighted by atomic mass is 10.0. The summed E-state index contributed by atoms with van der Waals surface area (Å²) in [5, 5.41) is 9.01. The molecule has 1 aliphatic heterocycles. The fraction of sp³-hybridized carbons (Fsp3) is 0.538. The number of pyridine rings is 1. The maximum Gasteiger partial charge on any atom is 0.307 e. The second-order valence-corrected chi connectivity index (χ2v) is 6.89. The van der Waals surface area contributed by atoms with E-state index in [1.54, 1.807) is 6.07 Å². The fourth-order valence-corrected chi connectivity index (χ4v) is 3.58. The number of carboxylic acid groups (broad SMARTS) is 1. The molecule has 1 aliphatic rings. The van der Waals surface area contributed by atoms with E-state index in [2.05, 4.69) is 9.71 Å². The highest BCUT2D eigenvalue weighted by Crippen LogP contribution is 2.18. The number of carboxylic acids is 1. The van der Waals surface area contributed by atoms with Crippen LogP contribution >= 0.6 is 0 Å². The molecule has 1 saturated heterocycles. The fourth-order valence-electron chi connectivity index (χ4n) is 2.32. The molecule has 1 atom stereocenters. The molecule has 0 aromatic carbocycles. The molecular formula is C13H19N3O4S. The first-order valence-electron chi connectivity index (χ1n) is 6.78. The second kappa shape index (κ2) is 6.50. The number of aromatic nitrogens is 1. The number of aliphatic carboxylic acids is 1. The van der Waals surface area contributed by atoms with E-state index < -0.39 is 22.1 Å². The summed E-state index contributed by atoms with van der Waals surface area (Å²) < 4.78 is 28.1. The molecule has 0 spiro atoms. The van der Waals surface area contributed by atoms with Crippen LogP contribution in [0.2, 0.25) is 0 Å². The summed E-state index contributed by atoms with van der Waals surface area (Å²) >= 11 is 0. The third-order valence-corrected chi connectivity index (χ3v) is 4.98. The van der Waals surface area contributed by atoms with Gasteiger partial charge in [0.2, 0.25) is 0 Å². The maximum atomic E-state index is 12.2. The Hall–Kier alpha value is -1.51. The zero-order valence-corrected chi connectivity index (χ0v) is 12.6. The SMILES string of the molecule is Cc1cccc(CNS(=O)(=O)N2CCCC(C(=O)O)C2)n1. The highest BCUT2D eigenvalue weighted by Gasteiger charge is 2.31. The predicted molar refractivity (Wildman–Crippen MR) is 76.7 cm³/mol. The molecule has 1 aromatic rings. The average Bonchev–Trinajstić information content (AvgIpc) is 2.45. The molecule has 7 nitrogen and oxygen atoms in total. The van der Waals surface area contributed by atoms with E-state index in [1.807, 2.05) is 19.1 Å². The van der Waals surface area contributed by atoms with Gasteiger partial charge in [-0.2, -0.15) is 17.4 Å². The van der Waals surface area contributed by atoms with Gasteiger partial charge in [-0.25, -0.2) is 0 Å². The normalized spacial score (nSPS) is 20.3. The zero-order chi connectivity index (χ0) is 15.5. The van der Waals surface area contributed by atoms with Crippen LogP contribution in [0.25, 0.3) is 0 Å². The van der Waals surface area contributed by atoms with E-state index in [9.17, 15) is 13.2 Å². The minimum absolute atomic E-state index is 0.0198. The van der Waals surface area contributed by atoms with Crippen molar-refractivity contribution >= 4 is 16.2 Å². The van der Waals surface area contributed by atoms with Crippen LogP contribution in [0.1, 0.15) is 24.2 Å². The summed E-state index contributed by atoms with van der Waals surface area (Å²) in [4.78, 5) is 15.2. The predicted octanol–water partition coefficient (Wildman–Crippen LogP) is 0.521. The van der Waals surface area contributed by atoms with Crippen LogP contribution in [-0.2, 0) is 21.5 Å². The Labute approximate surface area is 124 Å². The van der Waals surface area contributed by atoms with Crippen LogP contribution in [-0.4, -0.2) is 41.9 Å². The van der Waals surface area contributed by atoms with Crippen molar-refractivity contribution in [2.45, 2.75) is 26.3 Å². The molecule has 21 heavy (non-hydrogen) atoms. The van der Waals surface area contributed by atoms with E-state index in [0.29, 0.717) is 25.1 Å².